The zero-order chi connectivity index (χ0) is 10.7. The third-order valence-corrected chi connectivity index (χ3v) is 2.36. The summed E-state index contributed by atoms with van der Waals surface area (Å²) in [5, 5.41) is 12.0. The highest BCUT2D eigenvalue weighted by Crippen LogP contribution is 2.14. The molecule has 1 heterocycles. The average Bonchev–Trinajstić information content (AvgIpc) is 2.38. The van der Waals surface area contributed by atoms with Crippen molar-refractivity contribution in [3.63, 3.8) is 0 Å². The van der Waals surface area contributed by atoms with Crippen LogP contribution in [-0.4, -0.2) is 29.2 Å². The number of rotatable bonds is 4. The highest BCUT2D eigenvalue weighted by molar-refractivity contribution is 5.87. The minimum Gasteiger partial charge on any atom is -0.477 e. The molecule has 0 aliphatic carbocycles. The van der Waals surface area contributed by atoms with Crippen LogP contribution in [-0.2, 0) is 13.5 Å². The maximum absolute atomic E-state index is 10.9. The molecule has 2 N–H and O–H groups in total. The van der Waals surface area contributed by atoms with E-state index in [0.717, 1.165) is 24.2 Å². The zero-order valence-electron chi connectivity index (χ0n) is 8.79. The molecule has 0 amide bonds. The van der Waals surface area contributed by atoms with E-state index in [1.54, 1.807) is 11.6 Å². The summed E-state index contributed by atoms with van der Waals surface area (Å²) in [6.07, 6.45) is 0.848. The Hall–Kier alpha value is -1.29. The number of hydrogen-bond donors (Lipinski definition) is 2. The Labute approximate surface area is 83.5 Å². The van der Waals surface area contributed by atoms with Gasteiger partial charge in [-0.15, -0.1) is 0 Å². The zero-order valence-corrected chi connectivity index (χ0v) is 8.79. The van der Waals surface area contributed by atoms with E-state index in [4.69, 9.17) is 5.11 Å². The molecule has 0 saturated carbocycles. The Morgan fingerprint density at radius 3 is 2.71 bits per heavy atom. The lowest BCUT2D eigenvalue weighted by Crippen LogP contribution is -2.14. The molecule has 0 radical (unpaired) electrons. The van der Waals surface area contributed by atoms with Gasteiger partial charge in [0.05, 0.1) is 0 Å². The molecular formula is C10H16N2O2. The standard InChI is InChI=1S/C10H16N2O2/c1-7-6-8(4-5-11-2)12(3)9(7)10(13)14/h6,11H,4-5H2,1-3H3,(H,13,14). The van der Waals surface area contributed by atoms with Gasteiger partial charge in [-0.2, -0.15) is 0 Å². The number of carboxylic acid groups (broad SMARTS) is 1. The summed E-state index contributed by atoms with van der Waals surface area (Å²) in [5.74, 6) is -0.860. The molecule has 1 aromatic rings. The van der Waals surface area contributed by atoms with Crippen LogP contribution < -0.4 is 5.32 Å². The average molecular weight is 196 g/mol. The number of hydrogen-bond acceptors (Lipinski definition) is 2. The fourth-order valence-electron chi connectivity index (χ4n) is 1.63. The van der Waals surface area contributed by atoms with Crippen molar-refractivity contribution in [2.45, 2.75) is 13.3 Å². The van der Waals surface area contributed by atoms with E-state index < -0.39 is 5.97 Å². The quantitative estimate of drug-likeness (QED) is 0.748. The lowest BCUT2D eigenvalue weighted by atomic mass is 10.2. The number of carboxylic acids is 1. The molecular weight excluding hydrogens is 180 g/mol. The number of likely N-dealkylation sites (N-methyl/N-ethyl adjacent to an activating group) is 1. The minimum absolute atomic E-state index is 0.385. The third kappa shape index (κ3) is 1.96. The second-order valence-electron chi connectivity index (χ2n) is 3.39. The minimum atomic E-state index is -0.860. The Kier molecular flexibility index (Phi) is 3.30. The Morgan fingerprint density at radius 1 is 1.64 bits per heavy atom. The van der Waals surface area contributed by atoms with Crippen molar-refractivity contribution in [1.82, 2.24) is 9.88 Å². The highest BCUT2D eigenvalue weighted by Gasteiger charge is 2.14. The number of nitrogens with one attached hydrogen (secondary N) is 1. The van der Waals surface area contributed by atoms with Crippen molar-refractivity contribution in [2.75, 3.05) is 13.6 Å². The highest BCUT2D eigenvalue weighted by atomic mass is 16.4. The van der Waals surface area contributed by atoms with Crippen molar-refractivity contribution in [1.29, 1.82) is 0 Å². The van der Waals surface area contributed by atoms with Crippen LogP contribution in [0.15, 0.2) is 6.07 Å². The van der Waals surface area contributed by atoms with Gasteiger partial charge in [0.15, 0.2) is 0 Å². The lowest BCUT2D eigenvalue weighted by Gasteiger charge is -2.04. The number of aryl methyl sites for hydroxylation is 1. The van der Waals surface area contributed by atoms with Crippen molar-refractivity contribution >= 4 is 5.97 Å². The van der Waals surface area contributed by atoms with E-state index in [9.17, 15) is 4.79 Å². The van der Waals surface area contributed by atoms with Gasteiger partial charge in [0.2, 0.25) is 0 Å². The second-order valence-corrected chi connectivity index (χ2v) is 3.39. The summed E-state index contributed by atoms with van der Waals surface area (Å²) in [6.45, 7) is 2.68. The molecule has 0 aromatic carbocycles. The van der Waals surface area contributed by atoms with E-state index in [-0.39, 0.29) is 0 Å². The van der Waals surface area contributed by atoms with Gasteiger partial charge in [0.1, 0.15) is 5.69 Å². The molecule has 0 aliphatic rings. The predicted octanol–water partition coefficient (Wildman–Crippen LogP) is 0.794. The van der Waals surface area contributed by atoms with Crippen LogP contribution in [0.5, 0.6) is 0 Å². The van der Waals surface area contributed by atoms with Gasteiger partial charge in [-0.05, 0) is 25.6 Å². The Morgan fingerprint density at radius 2 is 2.29 bits per heavy atom. The first kappa shape index (κ1) is 10.8. The van der Waals surface area contributed by atoms with E-state index in [2.05, 4.69) is 5.32 Å². The van der Waals surface area contributed by atoms with Crippen LogP contribution in [0.2, 0.25) is 0 Å². The molecule has 1 rings (SSSR count). The smallest absolute Gasteiger partial charge is 0.352 e. The number of carbonyl (C=O) groups is 1. The molecule has 78 valence electrons. The van der Waals surface area contributed by atoms with Gasteiger partial charge in [-0.25, -0.2) is 4.79 Å². The van der Waals surface area contributed by atoms with Gasteiger partial charge in [-0.1, -0.05) is 0 Å². The van der Waals surface area contributed by atoms with Crippen LogP contribution >= 0.6 is 0 Å². The van der Waals surface area contributed by atoms with Gasteiger partial charge < -0.3 is 15.0 Å². The summed E-state index contributed by atoms with van der Waals surface area (Å²) >= 11 is 0. The number of aromatic carboxylic acids is 1. The molecule has 14 heavy (non-hydrogen) atoms. The molecule has 4 heteroatoms. The second kappa shape index (κ2) is 4.28. The van der Waals surface area contributed by atoms with Gasteiger partial charge in [0, 0.05) is 25.7 Å². The number of nitrogens with zero attached hydrogens (tertiary/aromatic N) is 1. The van der Waals surface area contributed by atoms with E-state index >= 15 is 0 Å². The molecule has 0 spiro atoms. The van der Waals surface area contributed by atoms with Crippen LogP contribution in [0.1, 0.15) is 21.7 Å². The summed E-state index contributed by atoms with van der Waals surface area (Å²) in [7, 11) is 3.68. The first-order chi connectivity index (χ1) is 6.57. The predicted molar refractivity (Wildman–Crippen MR) is 54.7 cm³/mol. The Balaban J connectivity index is 2.98. The Bertz CT molecular complexity index is 342. The van der Waals surface area contributed by atoms with Crippen molar-refractivity contribution in [3.8, 4) is 0 Å². The maximum atomic E-state index is 10.9. The summed E-state index contributed by atoms with van der Waals surface area (Å²) in [5.41, 5.74) is 2.26. The van der Waals surface area contributed by atoms with Crippen LogP contribution in [0.25, 0.3) is 0 Å². The van der Waals surface area contributed by atoms with Gasteiger partial charge in [-0.3, -0.25) is 0 Å². The SMILES string of the molecule is CNCCc1cc(C)c(C(=O)O)n1C. The molecule has 0 fully saturated rings. The topological polar surface area (TPSA) is 54.3 Å². The molecule has 0 saturated heterocycles. The molecule has 4 nitrogen and oxygen atoms in total. The third-order valence-electron chi connectivity index (χ3n) is 2.36. The molecule has 0 atom stereocenters. The summed E-state index contributed by atoms with van der Waals surface area (Å²) in [6, 6.07) is 1.93. The molecule has 1 aromatic heterocycles. The number of aromatic nitrogens is 1. The van der Waals surface area contributed by atoms with Gasteiger partial charge >= 0.3 is 5.97 Å². The van der Waals surface area contributed by atoms with Crippen molar-refractivity contribution in [3.05, 3.63) is 23.0 Å². The molecule has 0 bridgehead atoms. The molecule has 0 aliphatic heterocycles. The first-order valence-corrected chi connectivity index (χ1v) is 4.61. The fraction of sp³-hybridized carbons (Fsp3) is 0.500. The van der Waals surface area contributed by atoms with Gasteiger partial charge in [0.25, 0.3) is 0 Å². The van der Waals surface area contributed by atoms with Crippen molar-refractivity contribution < 1.29 is 9.90 Å². The monoisotopic (exact) mass is 196 g/mol. The largest absolute Gasteiger partial charge is 0.477 e. The first-order valence-electron chi connectivity index (χ1n) is 4.61. The molecule has 0 unspecified atom stereocenters. The van der Waals surface area contributed by atoms with E-state index in [1.807, 2.05) is 20.0 Å². The van der Waals surface area contributed by atoms with E-state index in [1.165, 1.54) is 0 Å². The van der Waals surface area contributed by atoms with Crippen LogP contribution in [0, 0.1) is 6.92 Å². The summed E-state index contributed by atoms with van der Waals surface area (Å²) < 4.78 is 1.75. The maximum Gasteiger partial charge on any atom is 0.352 e. The fourth-order valence-corrected chi connectivity index (χ4v) is 1.63. The van der Waals surface area contributed by atoms with Crippen LogP contribution in [0.4, 0.5) is 0 Å². The van der Waals surface area contributed by atoms with Crippen LogP contribution in [0.3, 0.4) is 0 Å². The lowest BCUT2D eigenvalue weighted by molar-refractivity contribution is 0.0685. The normalized spacial score (nSPS) is 10.5. The van der Waals surface area contributed by atoms with Crippen molar-refractivity contribution in [2.24, 2.45) is 7.05 Å². The summed E-state index contributed by atoms with van der Waals surface area (Å²) in [4.78, 5) is 10.9. The van der Waals surface area contributed by atoms with E-state index in [0.29, 0.717) is 5.69 Å².